The molecule has 0 aliphatic heterocycles. The van der Waals surface area contributed by atoms with E-state index in [0.717, 1.165) is 19.3 Å². The fourth-order valence-corrected chi connectivity index (χ4v) is 3.17. The van der Waals surface area contributed by atoms with E-state index in [4.69, 9.17) is 4.74 Å². The number of carbonyl (C=O) groups excluding carboxylic acids is 1. The Morgan fingerprint density at radius 2 is 1.93 bits per heavy atom. The van der Waals surface area contributed by atoms with Crippen molar-refractivity contribution in [2.75, 3.05) is 7.11 Å². The van der Waals surface area contributed by atoms with Gasteiger partial charge in [-0.1, -0.05) is 12.8 Å². The Labute approximate surface area is 86.0 Å². The fraction of sp³-hybridized carbons (Fsp3) is 0.917. The third-order valence-corrected chi connectivity index (χ3v) is 3.89. The first kappa shape index (κ1) is 10.2. The first-order valence-electron chi connectivity index (χ1n) is 5.88. The molecule has 2 saturated carbocycles. The van der Waals surface area contributed by atoms with Crippen molar-refractivity contribution in [3.63, 3.8) is 0 Å². The van der Waals surface area contributed by atoms with Gasteiger partial charge in [-0.25, -0.2) is 0 Å². The maximum absolute atomic E-state index is 11.9. The monoisotopic (exact) mass is 196 g/mol. The van der Waals surface area contributed by atoms with Crippen LogP contribution in [0.5, 0.6) is 0 Å². The quantitative estimate of drug-likeness (QED) is 0.644. The average molecular weight is 196 g/mol. The number of Topliss-reactive ketones (excluding diaryl/α,β-unsaturated/α-hetero) is 1. The second-order valence-corrected chi connectivity index (χ2v) is 4.70. The maximum Gasteiger partial charge on any atom is 0.138 e. The van der Waals surface area contributed by atoms with E-state index in [9.17, 15) is 4.79 Å². The van der Waals surface area contributed by atoms with Crippen molar-refractivity contribution in [3.8, 4) is 0 Å². The molecule has 0 aromatic rings. The number of carbonyl (C=O) groups is 1. The van der Waals surface area contributed by atoms with Gasteiger partial charge in [0.15, 0.2) is 0 Å². The Morgan fingerprint density at radius 3 is 2.71 bits per heavy atom. The molecule has 0 radical (unpaired) electrons. The summed E-state index contributed by atoms with van der Waals surface area (Å²) >= 11 is 0. The zero-order valence-corrected chi connectivity index (χ0v) is 9.00. The van der Waals surface area contributed by atoms with Gasteiger partial charge in [-0.3, -0.25) is 4.79 Å². The highest BCUT2D eigenvalue weighted by Crippen LogP contribution is 2.38. The summed E-state index contributed by atoms with van der Waals surface area (Å²) in [4.78, 5) is 11.9. The molecule has 0 saturated heterocycles. The van der Waals surface area contributed by atoms with E-state index in [-0.39, 0.29) is 12.0 Å². The van der Waals surface area contributed by atoms with E-state index in [2.05, 4.69) is 0 Å². The Morgan fingerprint density at radius 1 is 1.14 bits per heavy atom. The van der Waals surface area contributed by atoms with Crippen LogP contribution in [0.1, 0.15) is 44.9 Å². The maximum atomic E-state index is 11.9. The number of hydrogen-bond donors (Lipinski definition) is 0. The summed E-state index contributed by atoms with van der Waals surface area (Å²) < 4.78 is 5.47. The molecule has 2 heteroatoms. The topological polar surface area (TPSA) is 26.3 Å². The molecule has 0 aromatic heterocycles. The minimum atomic E-state index is 0.222. The molecule has 0 N–H and O–H groups in total. The van der Waals surface area contributed by atoms with Gasteiger partial charge in [0.25, 0.3) is 0 Å². The van der Waals surface area contributed by atoms with Gasteiger partial charge >= 0.3 is 0 Å². The molecule has 3 atom stereocenters. The lowest BCUT2D eigenvalue weighted by Crippen LogP contribution is -2.38. The van der Waals surface area contributed by atoms with Crippen molar-refractivity contribution in [2.45, 2.75) is 51.0 Å². The predicted molar refractivity (Wildman–Crippen MR) is 55.1 cm³/mol. The smallest absolute Gasteiger partial charge is 0.138 e. The zero-order chi connectivity index (χ0) is 9.97. The Bertz CT molecular complexity index is 212. The van der Waals surface area contributed by atoms with Crippen LogP contribution in [-0.2, 0) is 9.53 Å². The standard InChI is InChI=1S/C12H20O2/c1-14-11-8-4-6-9-5-2-3-7-10(13)12(9)11/h9,11-12H,2-8H2,1H3. The van der Waals surface area contributed by atoms with Crippen LogP contribution in [0.15, 0.2) is 0 Å². The molecule has 2 fully saturated rings. The van der Waals surface area contributed by atoms with Gasteiger partial charge in [-0.15, -0.1) is 0 Å². The third-order valence-electron chi connectivity index (χ3n) is 3.89. The van der Waals surface area contributed by atoms with E-state index in [1.54, 1.807) is 7.11 Å². The predicted octanol–water partition coefficient (Wildman–Crippen LogP) is 2.56. The van der Waals surface area contributed by atoms with Crippen LogP contribution in [0.25, 0.3) is 0 Å². The molecular weight excluding hydrogens is 176 g/mol. The molecule has 2 aliphatic rings. The normalized spacial score (nSPS) is 38.9. The van der Waals surface area contributed by atoms with Gasteiger partial charge in [0.2, 0.25) is 0 Å². The Balaban J connectivity index is 2.13. The number of ether oxygens (including phenoxy) is 1. The van der Waals surface area contributed by atoms with Crippen molar-refractivity contribution >= 4 is 5.78 Å². The number of hydrogen-bond acceptors (Lipinski definition) is 2. The van der Waals surface area contributed by atoms with Gasteiger partial charge in [-0.05, 0) is 31.6 Å². The fourth-order valence-electron chi connectivity index (χ4n) is 3.17. The van der Waals surface area contributed by atoms with E-state index in [1.165, 1.54) is 25.7 Å². The summed E-state index contributed by atoms with van der Waals surface area (Å²) in [6.45, 7) is 0. The van der Waals surface area contributed by atoms with E-state index < -0.39 is 0 Å². The van der Waals surface area contributed by atoms with Gasteiger partial charge < -0.3 is 4.74 Å². The van der Waals surface area contributed by atoms with Gasteiger partial charge in [0.1, 0.15) is 5.78 Å². The molecule has 0 spiro atoms. The highest BCUT2D eigenvalue weighted by molar-refractivity contribution is 5.82. The minimum Gasteiger partial charge on any atom is -0.381 e. The summed E-state index contributed by atoms with van der Waals surface area (Å²) in [5.74, 6) is 1.33. The first-order chi connectivity index (χ1) is 6.83. The van der Waals surface area contributed by atoms with Crippen LogP contribution < -0.4 is 0 Å². The highest BCUT2D eigenvalue weighted by Gasteiger charge is 2.38. The number of fused-ring (bicyclic) bond motifs is 1. The van der Waals surface area contributed by atoms with Gasteiger partial charge in [-0.2, -0.15) is 0 Å². The van der Waals surface area contributed by atoms with Crippen LogP contribution in [-0.4, -0.2) is 19.0 Å². The average Bonchev–Trinajstić information content (AvgIpc) is 2.40. The Kier molecular flexibility index (Phi) is 3.22. The number of ketones is 1. The van der Waals surface area contributed by atoms with Gasteiger partial charge in [0.05, 0.1) is 6.10 Å². The zero-order valence-electron chi connectivity index (χ0n) is 9.00. The van der Waals surface area contributed by atoms with Crippen molar-refractivity contribution in [1.82, 2.24) is 0 Å². The van der Waals surface area contributed by atoms with E-state index >= 15 is 0 Å². The first-order valence-corrected chi connectivity index (χ1v) is 5.88. The molecule has 14 heavy (non-hydrogen) atoms. The van der Waals surface area contributed by atoms with E-state index in [0.29, 0.717) is 11.7 Å². The Hall–Kier alpha value is -0.370. The van der Waals surface area contributed by atoms with Crippen molar-refractivity contribution in [3.05, 3.63) is 0 Å². The lowest BCUT2D eigenvalue weighted by Gasteiger charge is -2.35. The third kappa shape index (κ3) is 1.85. The molecule has 0 heterocycles. The second kappa shape index (κ2) is 4.43. The SMILES string of the molecule is COC1CCCC2CCCCC(=O)C21. The van der Waals surface area contributed by atoms with Crippen LogP contribution in [0.2, 0.25) is 0 Å². The number of methoxy groups -OCH3 is 1. The summed E-state index contributed by atoms with van der Waals surface area (Å²) in [7, 11) is 1.76. The molecular formula is C12H20O2. The molecule has 0 aromatic carbocycles. The largest absolute Gasteiger partial charge is 0.381 e. The second-order valence-electron chi connectivity index (χ2n) is 4.70. The lowest BCUT2D eigenvalue weighted by molar-refractivity contribution is -0.131. The van der Waals surface area contributed by atoms with Crippen LogP contribution in [0.3, 0.4) is 0 Å². The summed E-state index contributed by atoms with van der Waals surface area (Å²) in [6.07, 6.45) is 8.18. The molecule has 80 valence electrons. The molecule has 2 nitrogen and oxygen atoms in total. The lowest BCUT2D eigenvalue weighted by atomic mass is 9.74. The summed E-state index contributed by atoms with van der Waals surface area (Å²) in [5.41, 5.74) is 0. The molecule has 2 aliphatic carbocycles. The van der Waals surface area contributed by atoms with E-state index in [1.807, 2.05) is 0 Å². The van der Waals surface area contributed by atoms with Gasteiger partial charge in [0, 0.05) is 19.4 Å². The summed E-state index contributed by atoms with van der Waals surface area (Å²) in [6, 6.07) is 0. The van der Waals surface area contributed by atoms with Crippen LogP contribution in [0, 0.1) is 11.8 Å². The molecule has 0 bridgehead atoms. The van der Waals surface area contributed by atoms with Crippen LogP contribution in [0.4, 0.5) is 0 Å². The molecule has 0 amide bonds. The molecule has 3 unspecified atom stereocenters. The minimum absolute atomic E-state index is 0.222. The van der Waals surface area contributed by atoms with Crippen molar-refractivity contribution < 1.29 is 9.53 Å². The van der Waals surface area contributed by atoms with Crippen LogP contribution >= 0.6 is 0 Å². The number of rotatable bonds is 1. The molecule has 2 rings (SSSR count). The van der Waals surface area contributed by atoms with Crippen molar-refractivity contribution in [1.29, 1.82) is 0 Å². The van der Waals surface area contributed by atoms with Crippen molar-refractivity contribution in [2.24, 2.45) is 11.8 Å². The summed E-state index contributed by atoms with van der Waals surface area (Å²) in [5, 5.41) is 0. The highest BCUT2D eigenvalue weighted by atomic mass is 16.5.